The minimum atomic E-state index is 0.412. The van der Waals surface area contributed by atoms with Crippen LogP contribution in [0.3, 0.4) is 0 Å². The molecule has 2 nitrogen and oxygen atoms in total. The van der Waals surface area contributed by atoms with Crippen LogP contribution in [-0.4, -0.2) is 12.6 Å². The fourth-order valence-electron chi connectivity index (χ4n) is 2.18. The van der Waals surface area contributed by atoms with Crippen molar-refractivity contribution in [1.29, 1.82) is 0 Å². The standard InChI is InChI=1S/C13H19NO/c14-13-7-6-12(8-13)10-15-9-11-4-2-1-3-5-11/h1-5,12-13H,6-10,14H2/t12-,13+/m1/s1. The first kappa shape index (κ1) is 10.7. The smallest absolute Gasteiger partial charge is 0.0717 e. The maximum Gasteiger partial charge on any atom is 0.0717 e. The van der Waals surface area contributed by atoms with E-state index in [-0.39, 0.29) is 0 Å². The Bertz CT molecular complexity index is 286. The van der Waals surface area contributed by atoms with E-state index >= 15 is 0 Å². The highest BCUT2D eigenvalue weighted by atomic mass is 16.5. The summed E-state index contributed by atoms with van der Waals surface area (Å²) in [5, 5.41) is 0. The molecule has 2 rings (SSSR count). The van der Waals surface area contributed by atoms with Crippen LogP contribution in [0.15, 0.2) is 30.3 Å². The lowest BCUT2D eigenvalue weighted by atomic mass is 10.1. The summed E-state index contributed by atoms with van der Waals surface area (Å²) >= 11 is 0. The zero-order chi connectivity index (χ0) is 10.5. The molecule has 2 heteroatoms. The van der Waals surface area contributed by atoms with Gasteiger partial charge in [0.05, 0.1) is 6.61 Å². The Labute approximate surface area is 91.4 Å². The summed E-state index contributed by atoms with van der Waals surface area (Å²) in [5.74, 6) is 0.684. The fraction of sp³-hybridized carbons (Fsp3) is 0.538. The third kappa shape index (κ3) is 3.33. The Morgan fingerprint density at radius 1 is 1.20 bits per heavy atom. The van der Waals surface area contributed by atoms with Crippen LogP contribution in [0.25, 0.3) is 0 Å². The Morgan fingerprint density at radius 3 is 2.67 bits per heavy atom. The van der Waals surface area contributed by atoms with Crippen molar-refractivity contribution in [2.75, 3.05) is 6.61 Å². The molecular weight excluding hydrogens is 186 g/mol. The van der Waals surface area contributed by atoms with E-state index in [2.05, 4.69) is 12.1 Å². The lowest BCUT2D eigenvalue weighted by Crippen LogP contribution is -2.16. The highest BCUT2D eigenvalue weighted by Crippen LogP contribution is 2.24. The van der Waals surface area contributed by atoms with Gasteiger partial charge in [0.2, 0.25) is 0 Å². The molecule has 0 bridgehead atoms. The fourth-order valence-corrected chi connectivity index (χ4v) is 2.18. The van der Waals surface area contributed by atoms with E-state index in [1.807, 2.05) is 18.2 Å². The number of rotatable bonds is 4. The first-order chi connectivity index (χ1) is 7.34. The minimum absolute atomic E-state index is 0.412. The van der Waals surface area contributed by atoms with Gasteiger partial charge in [-0.15, -0.1) is 0 Å². The van der Waals surface area contributed by atoms with E-state index < -0.39 is 0 Å². The number of hydrogen-bond donors (Lipinski definition) is 1. The number of benzene rings is 1. The zero-order valence-electron chi connectivity index (χ0n) is 9.06. The molecule has 0 unspecified atom stereocenters. The molecule has 0 aliphatic heterocycles. The molecule has 0 amide bonds. The molecule has 2 N–H and O–H groups in total. The van der Waals surface area contributed by atoms with Gasteiger partial charge in [0.1, 0.15) is 0 Å². The average Bonchev–Trinajstić information content (AvgIpc) is 2.66. The van der Waals surface area contributed by atoms with Crippen molar-refractivity contribution in [3.8, 4) is 0 Å². The van der Waals surface area contributed by atoms with Crippen molar-refractivity contribution >= 4 is 0 Å². The molecule has 15 heavy (non-hydrogen) atoms. The summed E-state index contributed by atoms with van der Waals surface area (Å²) in [6.07, 6.45) is 3.53. The van der Waals surface area contributed by atoms with Gasteiger partial charge >= 0.3 is 0 Å². The quantitative estimate of drug-likeness (QED) is 0.818. The maximum absolute atomic E-state index is 5.85. The molecule has 2 atom stereocenters. The van der Waals surface area contributed by atoms with E-state index in [0.29, 0.717) is 12.0 Å². The van der Waals surface area contributed by atoms with Gasteiger partial charge in [-0.05, 0) is 30.7 Å². The molecule has 1 aromatic carbocycles. The van der Waals surface area contributed by atoms with Crippen molar-refractivity contribution in [3.05, 3.63) is 35.9 Å². The molecule has 1 aliphatic carbocycles. The SMILES string of the molecule is N[C@H]1CC[C@@H](COCc2ccccc2)C1. The minimum Gasteiger partial charge on any atom is -0.376 e. The summed E-state index contributed by atoms with van der Waals surface area (Å²) in [5.41, 5.74) is 7.10. The van der Waals surface area contributed by atoms with E-state index in [0.717, 1.165) is 19.6 Å². The van der Waals surface area contributed by atoms with Crippen molar-refractivity contribution in [3.63, 3.8) is 0 Å². The molecule has 1 fully saturated rings. The Kier molecular flexibility index (Phi) is 3.75. The van der Waals surface area contributed by atoms with Gasteiger partial charge < -0.3 is 10.5 Å². The van der Waals surface area contributed by atoms with Crippen LogP contribution < -0.4 is 5.73 Å². The first-order valence-corrected chi connectivity index (χ1v) is 5.72. The number of nitrogens with two attached hydrogens (primary N) is 1. The highest BCUT2D eigenvalue weighted by molar-refractivity contribution is 5.13. The van der Waals surface area contributed by atoms with Crippen LogP contribution in [0.5, 0.6) is 0 Å². The Morgan fingerprint density at radius 2 is 2.00 bits per heavy atom. The molecule has 0 spiro atoms. The molecule has 0 heterocycles. The second-order valence-electron chi connectivity index (χ2n) is 4.44. The summed E-state index contributed by atoms with van der Waals surface area (Å²) < 4.78 is 5.70. The van der Waals surface area contributed by atoms with E-state index in [4.69, 9.17) is 10.5 Å². The maximum atomic E-state index is 5.85. The Balaban J connectivity index is 1.67. The van der Waals surface area contributed by atoms with Gasteiger partial charge in [-0.25, -0.2) is 0 Å². The van der Waals surface area contributed by atoms with E-state index in [1.54, 1.807) is 0 Å². The van der Waals surface area contributed by atoms with Crippen LogP contribution in [0, 0.1) is 5.92 Å². The van der Waals surface area contributed by atoms with E-state index in [1.165, 1.54) is 18.4 Å². The monoisotopic (exact) mass is 205 g/mol. The summed E-state index contributed by atoms with van der Waals surface area (Å²) in [6.45, 7) is 1.59. The second kappa shape index (κ2) is 5.29. The van der Waals surface area contributed by atoms with Crippen LogP contribution in [0.2, 0.25) is 0 Å². The van der Waals surface area contributed by atoms with Gasteiger partial charge in [-0.1, -0.05) is 30.3 Å². The molecule has 1 saturated carbocycles. The topological polar surface area (TPSA) is 35.2 Å². The highest BCUT2D eigenvalue weighted by Gasteiger charge is 2.21. The molecule has 0 saturated heterocycles. The lowest BCUT2D eigenvalue weighted by Gasteiger charge is -2.10. The van der Waals surface area contributed by atoms with Gasteiger partial charge in [0.25, 0.3) is 0 Å². The van der Waals surface area contributed by atoms with Crippen molar-refractivity contribution in [2.45, 2.75) is 31.9 Å². The lowest BCUT2D eigenvalue weighted by molar-refractivity contribution is 0.0885. The average molecular weight is 205 g/mol. The Hall–Kier alpha value is -0.860. The summed E-state index contributed by atoms with van der Waals surface area (Å²) in [6, 6.07) is 10.7. The molecule has 0 aromatic heterocycles. The molecule has 82 valence electrons. The summed E-state index contributed by atoms with van der Waals surface area (Å²) in [4.78, 5) is 0. The zero-order valence-corrected chi connectivity index (χ0v) is 9.06. The van der Waals surface area contributed by atoms with Crippen LogP contribution in [-0.2, 0) is 11.3 Å². The van der Waals surface area contributed by atoms with Gasteiger partial charge in [0.15, 0.2) is 0 Å². The molecule has 1 aliphatic rings. The first-order valence-electron chi connectivity index (χ1n) is 5.72. The van der Waals surface area contributed by atoms with Crippen molar-refractivity contribution in [2.24, 2.45) is 11.7 Å². The van der Waals surface area contributed by atoms with Gasteiger partial charge in [0, 0.05) is 12.6 Å². The van der Waals surface area contributed by atoms with Crippen molar-refractivity contribution < 1.29 is 4.74 Å². The van der Waals surface area contributed by atoms with Crippen molar-refractivity contribution in [1.82, 2.24) is 0 Å². The van der Waals surface area contributed by atoms with Crippen LogP contribution in [0.4, 0.5) is 0 Å². The van der Waals surface area contributed by atoms with Crippen LogP contribution in [0.1, 0.15) is 24.8 Å². The number of ether oxygens (including phenoxy) is 1. The predicted molar refractivity (Wildman–Crippen MR) is 61.4 cm³/mol. The normalized spacial score (nSPS) is 25.7. The molecule has 1 aromatic rings. The third-order valence-corrected chi connectivity index (χ3v) is 3.05. The largest absolute Gasteiger partial charge is 0.376 e. The van der Waals surface area contributed by atoms with Gasteiger partial charge in [-0.2, -0.15) is 0 Å². The van der Waals surface area contributed by atoms with Gasteiger partial charge in [-0.3, -0.25) is 0 Å². The predicted octanol–water partition coefficient (Wildman–Crippen LogP) is 2.33. The molecule has 0 radical (unpaired) electrons. The second-order valence-corrected chi connectivity index (χ2v) is 4.44. The van der Waals surface area contributed by atoms with Crippen LogP contribution >= 0.6 is 0 Å². The molecular formula is C13H19NO. The van der Waals surface area contributed by atoms with E-state index in [9.17, 15) is 0 Å². The third-order valence-electron chi connectivity index (χ3n) is 3.05. The number of hydrogen-bond acceptors (Lipinski definition) is 2. The summed E-state index contributed by atoms with van der Waals surface area (Å²) in [7, 11) is 0.